The van der Waals surface area contributed by atoms with E-state index in [1.165, 1.54) is 0 Å². The lowest BCUT2D eigenvalue weighted by Gasteiger charge is -2.13. The highest BCUT2D eigenvalue weighted by atomic mass is 16.7. The Kier molecular flexibility index (Phi) is 2.37. The monoisotopic (exact) mass is 228 g/mol. The molecule has 0 radical (unpaired) electrons. The second kappa shape index (κ2) is 4.01. The maximum atomic E-state index is 5.73. The number of rotatable bonds is 2. The molecule has 0 spiro atoms. The van der Waals surface area contributed by atoms with Gasteiger partial charge in [0.05, 0.1) is 12.7 Å². The van der Waals surface area contributed by atoms with E-state index in [0.717, 1.165) is 22.8 Å². The summed E-state index contributed by atoms with van der Waals surface area (Å²) in [4.78, 5) is 0. The molecule has 0 bridgehead atoms. The van der Waals surface area contributed by atoms with E-state index in [1.54, 1.807) is 7.11 Å². The zero-order chi connectivity index (χ0) is 11.7. The fraction of sp³-hybridized carbons (Fsp3) is 0.143. The summed E-state index contributed by atoms with van der Waals surface area (Å²) in [5.74, 6) is 2.30. The van der Waals surface area contributed by atoms with Crippen LogP contribution in [-0.2, 0) is 0 Å². The molecule has 0 unspecified atom stereocenters. The van der Waals surface area contributed by atoms with Crippen molar-refractivity contribution in [1.82, 2.24) is 0 Å². The van der Waals surface area contributed by atoms with Gasteiger partial charge in [-0.2, -0.15) is 0 Å². The van der Waals surface area contributed by atoms with E-state index in [2.05, 4.69) is 0 Å². The van der Waals surface area contributed by atoms with Gasteiger partial charge in [0.15, 0.2) is 11.5 Å². The first kappa shape index (κ1) is 10.0. The Bertz CT molecular complexity index is 511. The third-order valence-corrected chi connectivity index (χ3v) is 2.71. The van der Waals surface area contributed by atoms with Gasteiger partial charge >= 0.3 is 0 Å². The summed E-state index contributed by atoms with van der Waals surface area (Å²) in [6.45, 7) is 0. The van der Waals surface area contributed by atoms with Crippen LogP contribution in [0.5, 0.6) is 17.2 Å². The van der Waals surface area contributed by atoms with Crippen LogP contribution in [0, 0.1) is 0 Å². The number of hydrogen-bond acceptors (Lipinski definition) is 3. The van der Waals surface area contributed by atoms with Crippen molar-refractivity contribution in [3.05, 3.63) is 54.1 Å². The summed E-state index contributed by atoms with van der Waals surface area (Å²) in [6, 6.07) is 15.3. The van der Waals surface area contributed by atoms with Crippen molar-refractivity contribution in [2.24, 2.45) is 0 Å². The number of methoxy groups -OCH3 is 1. The largest absolute Gasteiger partial charge is 0.496 e. The van der Waals surface area contributed by atoms with Gasteiger partial charge in [-0.05, 0) is 24.3 Å². The van der Waals surface area contributed by atoms with Crippen LogP contribution in [0.15, 0.2) is 48.5 Å². The molecule has 2 aromatic carbocycles. The Balaban J connectivity index is 1.94. The van der Waals surface area contributed by atoms with E-state index in [-0.39, 0.29) is 0 Å². The molecule has 0 aromatic heterocycles. The van der Waals surface area contributed by atoms with Gasteiger partial charge in [0.25, 0.3) is 6.29 Å². The second-order valence-electron chi connectivity index (χ2n) is 3.76. The van der Waals surface area contributed by atoms with Gasteiger partial charge in [-0.3, -0.25) is 0 Å². The van der Waals surface area contributed by atoms with Crippen LogP contribution in [0.2, 0.25) is 0 Å². The molecule has 17 heavy (non-hydrogen) atoms. The molecule has 0 amide bonds. The van der Waals surface area contributed by atoms with Gasteiger partial charge in [0.2, 0.25) is 0 Å². The van der Waals surface area contributed by atoms with Crippen molar-refractivity contribution in [2.75, 3.05) is 7.11 Å². The van der Waals surface area contributed by atoms with E-state index in [9.17, 15) is 0 Å². The summed E-state index contributed by atoms with van der Waals surface area (Å²) in [7, 11) is 1.64. The maximum Gasteiger partial charge on any atom is 0.271 e. The van der Waals surface area contributed by atoms with Crippen molar-refractivity contribution in [3.8, 4) is 17.2 Å². The first-order valence-corrected chi connectivity index (χ1v) is 5.44. The van der Waals surface area contributed by atoms with Gasteiger partial charge in [-0.1, -0.05) is 24.3 Å². The predicted molar refractivity (Wildman–Crippen MR) is 63.4 cm³/mol. The molecule has 0 aliphatic carbocycles. The van der Waals surface area contributed by atoms with Crippen LogP contribution >= 0.6 is 0 Å². The smallest absolute Gasteiger partial charge is 0.271 e. The molecule has 0 atom stereocenters. The molecule has 86 valence electrons. The van der Waals surface area contributed by atoms with E-state index in [4.69, 9.17) is 14.2 Å². The lowest BCUT2D eigenvalue weighted by atomic mass is 10.2. The summed E-state index contributed by atoms with van der Waals surface area (Å²) in [5.41, 5.74) is 0.895. The summed E-state index contributed by atoms with van der Waals surface area (Å²) >= 11 is 0. The highest BCUT2D eigenvalue weighted by Crippen LogP contribution is 2.41. The van der Waals surface area contributed by atoms with Crippen LogP contribution in [0.25, 0.3) is 0 Å². The highest BCUT2D eigenvalue weighted by Gasteiger charge is 2.27. The molecule has 0 N–H and O–H groups in total. The number of benzene rings is 2. The molecule has 0 fully saturated rings. The molecule has 0 saturated heterocycles. The predicted octanol–water partition coefficient (Wildman–Crippen LogP) is 3.17. The molecule has 3 nitrogen and oxygen atoms in total. The quantitative estimate of drug-likeness (QED) is 0.790. The van der Waals surface area contributed by atoms with Crippen molar-refractivity contribution < 1.29 is 14.2 Å². The Hall–Kier alpha value is -2.16. The summed E-state index contributed by atoms with van der Waals surface area (Å²) in [5, 5.41) is 0. The molecular weight excluding hydrogens is 216 g/mol. The van der Waals surface area contributed by atoms with Gasteiger partial charge in [-0.15, -0.1) is 0 Å². The van der Waals surface area contributed by atoms with Gasteiger partial charge in [0, 0.05) is 0 Å². The Morgan fingerprint density at radius 3 is 2.12 bits per heavy atom. The highest BCUT2D eigenvalue weighted by molar-refractivity contribution is 5.44. The minimum absolute atomic E-state index is 0.427. The van der Waals surface area contributed by atoms with Crippen LogP contribution in [-0.4, -0.2) is 7.11 Å². The SMILES string of the molecule is COc1ccccc1C1Oc2ccccc2O1. The maximum absolute atomic E-state index is 5.73. The van der Waals surface area contributed by atoms with E-state index in [0.29, 0.717) is 0 Å². The molecule has 3 heteroatoms. The Labute approximate surface area is 99.6 Å². The molecule has 1 aliphatic heterocycles. The molecular formula is C14H12O3. The summed E-state index contributed by atoms with van der Waals surface area (Å²) in [6.07, 6.45) is -0.427. The number of ether oxygens (including phenoxy) is 3. The minimum atomic E-state index is -0.427. The van der Waals surface area contributed by atoms with Crippen LogP contribution in [0.4, 0.5) is 0 Å². The Morgan fingerprint density at radius 1 is 0.882 bits per heavy atom. The molecule has 3 rings (SSSR count). The van der Waals surface area contributed by atoms with Crippen LogP contribution in [0.1, 0.15) is 11.9 Å². The Morgan fingerprint density at radius 2 is 1.47 bits per heavy atom. The van der Waals surface area contributed by atoms with Crippen LogP contribution < -0.4 is 14.2 Å². The average molecular weight is 228 g/mol. The third kappa shape index (κ3) is 1.69. The molecule has 2 aromatic rings. The van der Waals surface area contributed by atoms with Crippen molar-refractivity contribution in [3.63, 3.8) is 0 Å². The minimum Gasteiger partial charge on any atom is -0.496 e. The van der Waals surface area contributed by atoms with Gasteiger partial charge in [-0.25, -0.2) is 0 Å². The lowest BCUT2D eigenvalue weighted by Crippen LogP contribution is -2.09. The van der Waals surface area contributed by atoms with Gasteiger partial charge < -0.3 is 14.2 Å². The fourth-order valence-electron chi connectivity index (χ4n) is 1.89. The second-order valence-corrected chi connectivity index (χ2v) is 3.76. The van der Waals surface area contributed by atoms with E-state index < -0.39 is 6.29 Å². The fourth-order valence-corrected chi connectivity index (χ4v) is 1.89. The van der Waals surface area contributed by atoms with Crippen LogP contribution in [0.3, 0.4) is 0 Å². The topological polar surface area (TPSA) is 27.7 Å². The first-order valence-electron chi connectivity index (χ1n) is 5.44. The molecule has 0 saturated carbocycles. The standard InChI is InChI=1S/C14H12O3/c1-15-11-7-3-2-6-10(11)14-16-12-8-4-5-9-13(12)17-14/h2-9,14H,1H3. The van der Waals surface area contributed by atoms with Crippen molar-refractivity contribution in [1.29, 1.82) is 0 Å². The zero-order valence-corrected chi connectivity index (χ0v) is 9.42. The van der Waals surface area contributed by atoms with Crippen molar-refractivity contribution in [2.45, 2.75) is 6.29 Å². The number of hydrogen-bond donors (Lipinski definition) is 0. The van der Waals surface area contributed by atoms with Gasteiger partial charge in [0.1, 0.15) is 5.75 Å². The first-order chi connectivity index (χ1) is 8.38. The third-order valence-electron chi connectivity index (χ3n) is 2.71. The number of fused-ring (bicyclic) bond motifs is 1. The average Bonchev–Trinajstić information content (AvgIpc) is 2.82. The normalized spacial score (nSPS) is 13.7. The summed E-state index contributed by atoms with van der Waals surface area (Å²) < 4.78 is 16.8. The van der Waals surface area contributed by atoms with E-state index in [1.807, 2.05) is 48.5 Å². The number of para-hydroxylation sites is 3. The zero-order valence-electron chi connectivity index (χ0n) is 9.42. The lowest BCUT2D eigenvalue weighted by molar-refractivity contribution is 0.0464. The molecule has 1 heterocycles. The van der Waals surface area contributed by atoms with Crippen molar-refractivity contribution >= 4 is 0 Å². The van der Waals surface area contributed by atoms with E-state index >= 15 is 0 Å². The molecule has 1 aliphatic rings.